The van der Waals surface area contributed by atoms with E-state index in [2.05, 4.69) is 5.32 Å². The molecule has 1 rings (SSSR count). The van der Waals surface area contributed by atoms with Crippen molar-refractivity contribution in [3.63, 3.8) is 0 Å². The van der Waals surface area contributed by atoms with Crippen molar-refractivity contribution in [3.05, 3.63) is 0 Å². The zero-order chi connectivity index (χ0) is 8.97. The molecule has 1 amide bonds. The Morgan fingerprint density at radius 3 is 3.08 bits per heavy atom. The summed E-state index contributed by atoms with van der Waals surface area (Å²) in [6.45, 7) is 0.764. The van der Waals surface area contributed by atoms with E-state index in [9.17, 15) is 9.18 Å². The van der Waals surface area contributed by atoms with E-state index < -0.39 is 0 Å². The van der Waals surface area contributed by atoms with Gasteiger partial charge in [0.25, 0.3) is 0 Å². The van der Waals surface area contributed by atoms with E-state index >= 15 is 0 Å². The number of hydrogen-bond acceptors (Lipinski definition) is 2. The first-order chi connectivity index (χ1) is 5.74. The number of nitrogens with one attached hydrogen (secondary N) is 1. The SMILES string of the molecule is CN1CC(NCCF)CCC1=O. The van der Waals surface area contributed by atoms with Crippen LogP contribution in [-0.4, -0.2) is 43.7 Å². The first-order valence-corrected chi connectivity index (χ1v) is 4.27. The van der Waals surface area contributed by atoms with Crippen LogP contribution >= 0.6 is 0 Å². The summed E-state index contributed by atoms with van der Waals surface area (Å²) in [6, 6.07) is 0.281. The maximum absolute atomic E-state index is 11.8. The second kappa shape index (κ2) is 4.40. The largest absolute Gasteiger partial charge is 0.344 e. The first kappa shape index (κ1) is 9.45. The second-order valence-corrected chi connectivity index (χ2v) is 3.15. The number of piperidine rings is 1. The van der Waals surface area contributed by atoms with Crippen molar-refractivity contribution in [1.82, 2.24) is 10.2 Å². The molecular formula is C8H15FN2O. The molecule has 0 radical (unpaired) electrons. The van der Waals surface area contributed by atoms with E-state index in [1.165, 1.54) is 0 Å². The molecule has 4 heteroatoms. The van der Waals surface area contributed by atoms with Crippen molar-refractivity contribution in [2.45, 2.75) is 18.9 Å². The molecule has 12 heavy (non-hydrogen) atoms. The Morgan fingerprint density at radius 2 is 2.50 bits per heavy atom. The minimum absolute atomic E-state index is 0.188. The lowest BCUT2D eigenvalue weighted by Gasteiger charge is -2.29. The van der Waals surface area contributed by atoms with Crippen molar-refractivity contribution >= 4 is 5.91 Å². The fourth-order valence-electron chi connectivity index (χ4n) is 1.44. The van der Waals surface area contributed by atoms with Gasteiger partial charge in [-0.2, -0.15) is 0 Å². The summed E-state index contributed by atoms with van der Waals surface area (Å²) in [4.78, 5) is 12.7. The van der Waals surface area contributed by atoms with Gasteiger partial charge in [0.15, 0.2) is 0 Å². The van der Waals surface area contributed by atoms with E-state index in [0.29, 0.717) is 19.5 Å². The monoisotopic (exact) mass is 174 g/mol. The summed E-state index contributed by atoms with van der Waals surface area (Å²) in [6.07, 6.45) is 1.42. The molecule has 0 bridgehead atoms. The molecule has 1 unspecified atom stereocenters. The zero-order valence-electron chi connectivity index (χ0n) is 7.35. The molecule has 0 aliphatic carbocycles. The summed E-state index contributed by atoms with van der Waals surface area (Å²) < 4.78 is 11.8. The van der Waals surface area contributed by atoms with Gasteiger partial charge < -0.3 is 10.2 Å². The highest BCUT2D eigenvalue weighted by molar-refractivity contribution is 5.76. The summed E-state index contributed by atoms with van der Waals surface area (Å²) >= 11 is 0. The van der Waals surface area contributed by atoms with Gasteiger partial charge in [-0.05, 0) is 6.42 Å². The average Bonchev–Trinajstić information content (AvgIpc) is 2.07. The Morgan fingerprint density at radius 1 is 1.75 bits per heavy atom. The Balaban J connectivity index is 2.25. The molecule has 0 spiro atoms. The maximum atomic E-state index is 11.8. The van der Waals surface area contributed by atoms with Crippen molar-refractivity contribution < 1.29 is 9.18 Å². The molecule has 1 saturated heterocycles. The molecule has 70 valence electrons. The van der Waals surface area contributed by atoms with Gasteiger partial charge in [-0.25, -0.2) is 4.39 Å². The van der Waals surface area contributed by atoms with Crippen molar-refractivity contribution in [2.24, 2.45) is 0 Å². The van der Waals surface area contributed by atoms with Crippen LogP contribution in [0.2, 0.25) is 0 Å². The van der Waals surface area contributed by atoms with E-state index in [1.54, 1.807) is 11.9 Å². The lowest BCUT2D eigenvalue weighted by Crippen LogP contribution is -2.47. The highest BCUT2D eigenvalue weighted by Gasteiger charge is 2.21. The number of likely N-dealkylation sites (N-methyl/N-ethyl adjacent to an activating group) is 1. The summed E-state index contributed by atoms with van der Waals surface area (Å²) in [7, 11) is 1.78. The second-order valence-electron chi connectivity index (χ2n) is 3.15. The maximum Gasteiger partial charge on any atom is 0.222 e. The number of carbonyl (C=O) groups is 1. The van der Waals surface area contributed by atoms with Crippen LogP contribution in [0.15, 0.2) is 0 Å². The lowest BCUT2D eigenvalue weighted by atomic mass is 10.1. The molecule has 1 fully saturated rings. The number of likely N-dealkylation sites (tertiary alicyclic amines) is 1. The highest BCUT2D eigenvalue weighted by atomic mass is 19.1. The Hall–Kier alpha value is -0.640. The molecule has 3 nitrogen and oxygen atoms in total. The van der Waals surface area contributed by atoms with Crippen LogP contribution in [0.4, 0.5) is 4.39 Å². The molecule has 1 N–H and O–H groups in total. The van der Waals surface area contributed by atoms with Gasteiger partial charge in [0.1, 0.15) is 6.67 Å². The van der Waals surface area contributed by atoms with Crippen LogP contribution in [0.25, 0.3) is 0 Å². The van der Waals surface area contributed by atoms with Crippen LogP contribution < -0.4 is 5.32 Å². The lowest BCUT2D eigenvalue weighted by molar-refractivity contribution is -0.132. The minimum Gasteiger partial charge on any atom is -0.344 e. The minimum atomic E-state index is -0.339. The third kappa shape index (κ3) is 2.44. The molecule has 1 aliphatic rings. The predicted molar refractivity (Wildman–Crippen MR) is 44.6 cm³/mol. The zero-order valence-corrected chi connectivity index (χ0v) is 7.35. The number of amides is 1. The van der Waals surface area contributed by atoms with Gasteiger partial charge in [0.2, 0.25) is 5.91 Å². The van der Waals surface area contributed by atoms with E-state index in [0.717, 1.165) is 6.42 Å². The smallest absolute Gasteiger partial charge is 0.222 e. The van der Waals surface area contributed by atoms with Gasteiger partial charge in [-0.1, -0.05) is 0 Å². The molecule has 0 aromatic heterocycles. The van der Waals surface area contributed by atoms with Crippen molar-refractivity contribution in [3.8, 4) is 0 Å². The number of hydrogen-bond donors (Lipinski definition) is 1. The number of halogens is 1. The average molecular weight is 174 g/mol. The van der Waals surface area contributed by atoms with Gasteiger partial charge in [-0.15, -0.1) is 0 Å². The molecule has 0 saturated carbocycles. The first-order valence-electron chi connectivity index (χ1n) is 4.27. The van der Waals surface area contributed by atoms with Crippen molar-refractivity contribution in [1.29, 1.82) is 0 Å². The Kier molecular flexibility index (Phi) is 3.47. The fraction of sp³-hybridized carbons (Fsp3) is 0.875. The molecule has 1 atom stereocenters. The van der Waals surface area contributed by atoms with Crippen LogP contribution in [0.3, 0.4) is 0 Å². The molecule has 0 aromatic rings. The molecular weight excluding hydrogens is 159 g/mol. The Labute approximate surface area is 71.9 Å². The van der Waals surface area contributed by atoms with Crippen LogP contribution in [-0.2, 0) is 4.79 Å². The van der Waals surface area contributed by atoms with Crippen LogP contribution in [0.1, 0.15) is 12.8 Å². The summed E-state index contributed by atoms with van der Waals surface area (Å²) in [5, 5.41) is 3.05. The van der Waals surface area contributed by atoms with E-state index in [-0.39, 0.29) is 18.6 Å². The third-order valence-electron chi connectivity index (χ3n) is 2.15. The van der Waals surface area contributed by atoms with E-state index in [4.69, 9.17) is 0 Å². The predicted octanol–water partition coefficient (Wildman–Crippen LogP) is 0.166. The molecule has 1 heterocycles. The summed E-state index contributed by atoms with van der Waals surface area (Å²) in [5.41, 5.74) is 0. The standard InChI is InChI=1S/C8H15FN2O/c1-11-6-7(10-5-4-9)2-3-8(11)12/h7,10H,2-6H2,1H3. The normalized spacial score (nSPS) is 24.7. The van der Waals surface area contributed by atoms with E-state index in [1.807, 2.05) is 0 Å². The van der Waals surface area contributed by atoms with Gasteiger partial charge in [0, 0.05) is 32.6 Å². The van der Waals surface area contributed by atoms with Gasteiger partial charge in [-0.3, -0.25) is 4.79 Å². The van der Waals surface area contributed by atoms with Gasteiger partial charge >= 0.3 is 0 Å². The summed E-state index contributed by atoms with van der Waals surface area (Å²) in [5.74, 6) is 0.188. The molecule has 0 aromatic carbocycles. The number of alkyl halides is 1. The fourth-order valence-corrected chi connectivity index (χ4v) is 1.44. The topological polar surface area (TPSA) is 32.3 Å². The highest BCUT2D eigenvalue weighted by Crippen LogP contribution is 2.08. The van der Waals surface area contributed by atoms with Crippen LogP contribution in [0, 0.1) is 0 Å². The Bertz CT molecular complexity index is 163. The molecule has 1 aliphatic heterocycles. The number of nitrogens with zero attached hydrogens (tertiary/aromatic N) is 1. The quantitative estimate of drug-likeness (QED) is 0.661. The number of carbonyl (C=O) groups excluding carboxylic acids is 1. The number of rotatable bonds is 3. The van der Waals surface area contributed by atoms with Crippen molar-refractivity contribution in [2.75, 3.05) is 26.8 Å². The third-order valence-corrected chi connectivity index (χ3v) is 2.15. The van der Waals surface area contributed by atoms with Crippen LogP contribution in [0.5, 0.6) is 0 Å². The van der Waals surface area contributed by atoms with Gasteiger partial charge in [0.05, 0.1) is 0 Å².